The summed E-state index contributed by atoms with van der Waals surface area (Å²) in [6, 6.07) is 1.62. The highest BCUT2D eigenvalue weighted by Gasteiger charge is 2.31. The molecule has 0 unspecified atom stereocenters. The van der Waals surface area contributed by atoms with E-state index in [2.05, 4.69) is 17.9 Å². The summed E-state index contributed by atoms with van der Waals surface area (Å²) in [6.45, 7) is 0. The van der Waals surface area contributed by atoms with Gasteiger partial charge >= 0.3 is 0 Å². The van der Waals surface area contributed by atoms with E-state index in [-0.39, 0.29) is 0 Å². The summed E-state index contributed by atoms with van der Waals surface area (Å²) in [7, 11) is 0. The maximum absolute atomic E-state index is 4.48. The van der Waals surface area contributed by atoms with Crippen LogP contribution in [-0.2, 0) is 0 Å². The van der Waals surface area contributed by atoms with Gasteiger partial charge in [0.2, 0.25) is 0 Å². The van der Waals surface area contributed by atoms with Crippen LogP contribution < -0.4 is 5.32 Å². The number of hydrogen-bond donors (Lipinski definition) is 2. The summed E-state index contributed by atoms with van der Waals surface area (Å²) < 4.78 is 0. The molecule has 1 nitrogen and oxygen atoms in total. The summed E-state index contributed by atoms with van der Waals surface area (Å²) in [6.07, 6.45) is 5.36. The Morgan fingerprint density at radius 2 is 1.67 bits per heavy atom. The third-order valence-electron chi connectivity index (χ3n) is 2.45. The van der Waals surface area contributed by atoms with Gasteiger partial charge in [-0.15, -0.1) is 0 Å². The maximum Gasteiger partial charge on any atom is 0.00806 e. The number of rotatable bonds is 0. The molecule has 3 atom stereocenters. The minimum absolute atomic E-state index is 0.684. The minimum atomic E-state index is 0.684. The predicted molar refractivity (Wildman–Crippen MR) is 42.0 cm³/mol. The Balaban J connectivity index is 2.03. The van der Waals surface area contributed by atoms with Crippen molar-refractivity contribution < 1.29 is 0 Å². The van der Waals surface area contributed by atoms with Crippen LogP contribution in [0.4, 0.5) is 0 Å². The van der Waals surface area contributed by atoms with Gasteiger partial charge in [-0.3, -0.25) is 0 Å². The van der Waals surface area contributed by atoms with Crippen molar-refractivity contribution in [1.29, 1.82) is 0 Å². The van der Waals surface area contributed by atoms with Crippen LogP contribution in [0.3, 0.4) is 0 Å². The van der Waals surface area contributed by atoms with Crippen LogP contribution in [0.2, 0.25) is 0 Å². The zero-order chi connectivity index (χ0) is 6.27. The molecule has 9 heavy (non-hydrogen) atoms. The second kappa shape index (κ2) is 2.17. The second-order valence-electron chi connectivity index (χ2n) is 3.26. The van der Waals surface area contributed by atoms with Crippen LogP contribution >= 0.6 is 12.6 Å². The van der Waals surface area contributed by atoms with Crippen molar-refractivity contribution in [1.82, 2.24) is 5.32 Å². The Kier molecular flexibility index (Phi) is 1.46. The summed E-state index contributed by atoms with van der Waals surface area (Å²) in [5.41, 5.74) is 0. The molecule has 0 saturated carbocycles. The molecule has 2 aliphatic heterocycles. The molecule has 52 valence electrons. The lowest BCUT2D eigenvalue weighted by Gasteiger charge is -2.25. The van der Waals surface area contributed by atoms with Crippen LogP contribution in [0.15, 0.2) is 0 Å². The van der Waals surface area contributed by atoms with Gasteiger partial charge in [0.05, 0.1) is 0 Å². The van der Waals surface area contributed by atoms with Crippen molar-refractivity contribution in [3.05, 3.63) is 0 Å². The van der Waals surface area contributed by atoms with E-state index in [0.717, 1.165) is 12.1 Å². The van der Waals surface area contributed by atoms with Gasteiger partial charge < -0.3 is 5.32 Å². The fourth-order valence-electron chi connectivity index (χ4n) is 2.03. The lowest BCUT2D eigenvalue weighted by atomic mass is 10.1. The van der Waals surface area contributed by atoms with Crippen molar-refractivity contribution in [2.24, 2.45) is 0 Å². The average molecular weight is 143 g/mol. The third kappa shape index (κ3) is 1.10. The molecule has 0 aromatic carbocycles. The summed E-state index contributed by atoms with van der Waals surface area (Å²) >= 11 is 4.48. The first-order valence-electron chi connectivity index (χ1n) is 3.79. The van der Waals surface area contributed by atoms with Crippen molar-refractivity contribution in [2.45, 2.75) is 43.0 Å². The molecular weight excluding hydrogens is 130 g/mol. The van der Waals surface area contributed by atoms with Crippen LogP contribution in [0, 0.1) is 0 Å². The molecule has 1 N–H and O–H groups in total. The average Bonchev–Trinajstić information content (AvgIpc) is 2.11. The van der Waals surface area contributed by atoms with E-state index in [0.29, 0.717) is 5.25 Å². The molecule has 2 bridgehead atoms. The first-order valence-corrected chi connectivity index (χ1v) is 4.30. The van der Waals surface area contributed by atoms with Gasteiger partial charge in [0.25, 0.3) is 0 Å². The summed E-state index contributed by atoms with van der Waals surface area (Å²) in [5.74, 6) is 0. The van der Waals surface area contributed by atoms with E-state index in [1.807, 2.05) is 0 Å². The maximum atomic E-state index is 4.48. The topological polar surface area (TPSA) is 12.0 Å². The molecule has 0 aliphatic carbocycles. The van der Waals surface area contributed by atoms with Crippen molar-refractivity contribution in [3.63, 3.8) is 0 Å². The second-order valence-corrected chi connectivity index (χ2v) is 3.99. The van der Waals surface area contributed by atoms with Gasteiger partial charge in [-0.05, 0) is 25.7 Å². The van der Waals surface area contributed by atoms with Gasteiger partial charge in [-0.25, -0.2) is 0 Å². The summed E-state index contributed by atoms with van der Waals surface area (Å²) in [5, 5.41) is 4.26. The highest BCUT2D eigenvalue weighted by Crippen LogP contribution is 2.29. The Hall–Kier alpha value is 0.310. The molecule has 2 heterocycles. The Bertz CT molecular complexity index is 103. The molecule has 2 aliphatic rings. The van der Waals surface area contributed by atoms with E-state index < -0.39 is 0 Å². The molecule has 0 radical (unpaired) electrons. The lowest BCUT2D eigenvalue weighted by molar-refractivity contribution is 0.416. The fourth-order valence-corrected chi connectivity index (χ4v) is 2.54. The Morgan fingerprint density at radius 1 is 1.11 bits per heavy atom. The van der Waals surface area contributed by atoms with Crippen molar-refractivity contribution >= 4 is 12.6 Å². The number of piperidine rings is 1. The largest absolute Gasteiger partial charge is 0.311 e. The van der Waals surface area contributed by atoms with Crippen LogP contribution in [0.5, 0.6) is 0 Å². The highest BCUT2D eigenvalue weighted by molar-refractivity contribution is 7.80. The Morgan fingerprint density at radius 3 is 2.22 bits per heavy atom. The van der Waals surface area contributed by atoms with Gasteiger partial charge in [0, 0.05) is 17.3 Å². The van der Waals surface area contributed by atoms with E-state index >= 15 is 0 Å². The first kappa shape index (κ1) is 6.05. The highest BCUT2D eigenvalue weighted by atomic mass is 32.1. The Labute approximate surface area is 61.6 Å². The molecule has 0 aromatic rings. The van der Waals surface area contributed by atoms with E-state index in [4.69, 9.17) is 0 Å². The number of hydrogen-bond acceptors (Lipinski definition) is 2. The van der Waals surface area contributed by atoms with Crippen LogP contribution in [-0.4, -0.2) is 17.3 Å². The van der Waals surface area contributed by atoms with Crippen molar-refractivity contribution in [3.8, 4) is 0 Å². The molecule has 0 amide bonds. The number of thiol groups is 1. The van der Waals surface area contributed by atoms with Crippen LogP contribution in [0.1, 0.15) is 25.7 Å². The smallest absolute Gasteiger partial charge is 0.00806 e. The molecule has 2 fully saturated rings. The molecule has 2 rings (SSSR count). The molecule has 0 aromatic heterocycles. The monoisotopic (exact) mass is 143 g/mol. The van der Waals surface area contributed by atoms with Gasteiger partial charge in [0.15, 0.2) is 0 Å². The molecular formula is C7H13NS. The zero-order valence-electron chi connectivity index (χ0n) is 5.51. The first-order chi connectivity index (χ1) is 4.34. The van der Waals surface area contributed by atoms with Gasteiger partial charge in [-0.2, -0.15) is 12.6 Å². The molecule has 0 spiro atoms. The predicted octanol–water partition coefficient (Wildman–Crippen LogP) is 1.20. The molecule has 2 saturated heterocycles. The third-order valence-corrected chi connectivity index (χ3v) is 2.87. The zero-order valence-corrected chi connectivity index (χ0v) is 6.40. The lowest BCUT2D eigenvalue weighted by Crippen LogP contribution is -2.38. The molecule has 2 heteroatoms. The van der Waals surface area contributed by atoms with Gasteiger partial charge in [0.1, 0.15) is 0 Å². The SMILES string of the molecule is S[C@@H]1C[C@H]2CC[C@@H](C1)N2. The van der Waals surface area contributed by atoms with E-state index in [1.54, 1.807) is 0 Å². The quantitative estimate of drug-likeness (QED) is 0.486. The van der Waals surface area contributed by atoms with E-state index in [9.17, 15) is 0 Å². The minimum Gasteiger partial charge on any atom is -0.311 e. The fraction of sp³-hybridized carbons (Fsp3) is 1.00. The van der Waals surface area contributed by atoms with Crippen molar-refractivity contribution in [2.75, 3.05) is 0 Å². The van der Waals surface area contributed by atoms with Crippen LogP contribution in [0.25, 0.3) is 0 Å². The standard InChI is InChI=1S/C7H13NS/c9-7-3-5-1-2-6(4-7)8-5/h5-9H,1-4H2/t5-,6+,7-. The number of fused-ring (bicyclic) bond motifs is 2. The summed E-state index contributed by atoms with van der Waals surface area (Å²) in [4.78, 5) is 0. The van der Waals surface area contributed by atoms with Gasteiger partial charge in [-0.1, -0.05) is 0 Å². The van der Waals surface area contributed by atoms with E-state index in [1.165, 1.54) is 25.7 Å². The number of nitrogens with one attached hydrogen (secondary N) is 1. The normalized spacial score (nSPS) is 49.7.